The van der Waals surface area contributed by atoms with Gasteiger partial charge in [0.25, 0.3) is 0 Å². The molecule has 0 unspecified atom stereocenters. The minimum Gasteiger partial charge on any atom is -0.465 e. The molecule has 0 aliphatic heterocycles. The highest BCUT2D eigenvalue weighted by Crippen LogP contribution is 2.31. The molecule has 2 rings (SSSR count). The van der Waals surface area contributed by atoms with Crippen LogP contribution in [0.3, 0.4) is 0 Å². The van der Waals surface area contributed by atoms with Crippen LogP contribution in [0.4, 0.5) is 0 Å². The molecule has 0 radical (unpaired) electrons. The molecule has 1 aromatic heterocycles. The van der Waals surface area contributed by atoms with Gasteiger partial charge in [0, 0.05) is 5.69 Å². The Kier molecular flexibility index (Phi) is 3.92. The number of ether oxygens (including phenoxy) is 1. The van der Waals surface area contributed by atoms with Crippen LogP contribution in [-0.4, -0.2) is 17.6 Å². The van der Waals surface area contributed by atoms with E-state index >= 15 is 0 Å². The minimum atomic E-state index is -0.346. The molecule has 0 atom stereocenters. The van der Waals surface area contributed by atoms with Gasteiger partial charge in [-0.05, 0) is 57.0 Å². The van der Waals surface area contributed by atoms with E-state index in [9.17, 15) is 4.79 Å². The van der Waals surface area contributed by atoms with Crippen LogP contribution < -0.4 is 0 Å². The Morgan fingerprint density at radius 2 is 1.94 bits per heavy atom. The average molecular weight is 373 g/mol. The fourth-order valence-corrected chi connectivity index (χ4v) is 2.91. The molecule has 0 amide bonds. The van der Waals surface area contributed by atoms with Gasteiger partial charge >= 0.3 is 5.97 Å². The van der Waals surface area contributed by atoms with Gasteiger partial charge in [0.1, 0.15) is 4.60 Å². The van der Waals surface area contributed by atoms with Gasteiger partial charge in [0.05, 0.1) is 22.8 Å². The molecule has 1 aromatic carbocycles. The molecule has 0 saturated heterocycles. The lowest BCUT2D eigenvalue weighted by Gasteiger charge is -2.12. The Balaban J connectivity index is 2.68. The third-order valence-electron chi connectivity index (χ3n) is 2.63. The Bertz CT molecular complexity index is 605. The summed E-state index contributed by atoms with van der Waals surface area (Å²) in [4.78, 5) is 11.8. The van der Waals surface area contributed by atoms with Crippen molar-refractivity contribution in [2.45, 2.75) is 6.92 Å². The fraction of sp³-hybridized carbons (Fsp3) is 0.154. The highest BCUT2D eigenvalue weighted by Gasteiger charge is 2.17. The highest BCUT2D eigenvalue weighted by atomic mass is 79.9. The molecule has 0 N–H and O–H groups in total. The number of hydrogen-bond acceptors (Lipinski definition) is 2. The SMILES string of the molecule is COC(=O)c1ccccc1-n1c(C)cc(Br)c1Br. The highest BCUT2D eigenvalue weighted by molar-refractivity contribution is 9.13. The van der Waals surface area contributed by atoms with Gasteiger partial charge in [-0.15, -0.1) is 0 Å². The van der Waals surface area contributed by atoms with E-state index in [1.165, 1.54) is 7.11 Å². The van der Waals surface area contributed by atoms with Gasteiger partial charge in [-0.3, -0.25) is 0 Å². The topological polar surface area (TPSA) is 31.2 Å². The zero-order valence-corrected chi connectivity index (χ0v) is 13.1. The summed E-state index contributed by atoms with van der Waals surface area (Å²) in [6.07, 6.45) is 0. The molecule has 1 heterocycles. The van der Waals surface area contributed by atoms with Gasteiger partial charge < -0.3 is 9.30 Å². The molecule has 18 heavy (non-hydrogen) atoms. The first-order valence-electron chi connectivity index (χ1n) is 5.27. The molecule has 0 saturated carbocycles. The van der Waals surface area contributed by atoms with E-state index in [4.69, 9.17) is 4.74 Å². The monoisotopic (exact) mass is 371 g/mol. The van der Waals surface area contributed by atoms with Crippen LogP contribution >= 0.6 is 31.9 Å². The van der Waals surface area contributed by atoms with E-state index in [1.807, 2.05) is 35.8 Å². The summed E-state index contributed by atoms with van der Waals surface area (Å²) in [5.41, 5.74) is 2.34. The summed E-state index contributed by atoms with van der Waals surface area (Å²) in [6.45, 7) is 1.98. The lowest BCUT2D eigenvalue weighted by molar-refractivity contribution is 0.0601. The van der Waals surface area contributed by atoms with E-state index in [-0.39, 0.29) is 5.97 Å². The lowest BCUT2D eigenvalue weighted by Crippen LogP contribution is -2.08. The van der Waals surface area contributed by atoms with Crippen molar-refractivity contribution in [1.82, 2.24) is 4.57 Å². The maximum atomic E-state index is 11.8. The predicted octanol–water partition coefficient (Wildman–Crippen LogP) is 4.10. The van der Waals surface area contributed by atoms with E-state index in [0.29, 0.717) is 5.56 Å². The Morgan fingerprint density at radius 1 is 1.28 bits per heavy atom. The first-order valence-corrected chi connectivity index (χ1v) is 6.86. The van der Waals surface area contributed by atoms with Crippen molar-refractivity contribution in [2.24, 2.45) is 0 Å². The quantitative estimate of drug-likeness (QED) is 0.743. The number of para-hydroxylation sites is 1. The third-order valence-corrected chi connectivity index (χ3v) is 4.55. The summed E-state index contributed by atoms with van der Waals surface area (Å²) in [5.74, 6) is -0.346. The second kappa shape index (κ2) is 5.28. The van der Waals surface area contributed by atoms with Crippen LogP contribution in [0.2, 0.25) is 0 Å². The second-order valence-corrected chi connectivity index (χ2v) is 5.37. The molecule has 0 bridgehead atoms. The number of nitrogens with zero attached hydrogens (tertiary/aromatic N) is 1. The normalized spacial score (nSPS) is 10.4. The summed E-state index contributed by atoms with van der Waals surface area (Å²) in [6, 6.07) is 9.33. The number of hydrogen-bond donors (Lipinski definition) is 0. The number of carbonyl (C=O) groups is 1. The maximum Gasteiger partial charge on any atom is 0.339 e. The van der Waals surface area contributed by atoms with Crippen LogP contribution in [0, 0.1) is 6.92 Å². The van der Waals surface area contributed by atoms with Gasteiger partial charge in [-0.2, -0.15) is 0 Å². The molecule has 94 valence electrons. The summed E-state index contributed by atoms with van der Waals surface area (Å²) in [5, 5.41) is 0. The number of aryl methyl sites for hydroxylation is 1. The standard InChI is InChI=1S/C13H11Br2NO2/c1-8-7-10(14)12(15)16(8)11-6-4-3-5-9(11)13(17)18-2/h3-7H,1-2H3. The largest absolute Gasteiger partial charge is 0.465 e. The molecule has 5 heteroatoms. The average Bonchev–Trinajstić information content (AvgIpc) is 2.62. The number of methoxy groups -OCH3 is 1. The van der Waals surface area contributed by atoms with Crippen LogP contribution in [-0.2, 0) is 4.74 Å². The third kappa shape index (κ3) is 2.24. The molecular weight excluding hydrogens is 362 g/mol. The van der Waals surface area contributed by atoms with Crippen molar-refractivity contribution < 1.29 is 9.53 Å². The van der Waals surface area contributed by atoms with E-state index < -0.39 is 0 Å². The smallest absolute Gasteiger partial charge is 0.339 e. The Morgan fingerprint density at radius 3 is 2.50 bits per heavy atom. The zero-order valence-electron chi connectivity index (χ0n) is 9.91. The Labute approximate surface area is 122 Å². The van der Waals surface area contributed by atoms with E-state index in [2.05, 4.69) is 31.9 Å². The van der Waals surface area contributed by atoms with Crippen LogP contribution in [0.25, 0.3) is 5.69 Å². The number of benzene rings is 1. The Hall–Kier alpha value is -1.07. The van der Waals surface area contributed by atoms with Gasteiger partial charge in [0.15, 0.2) is 0 Å². The van der Waals surface area contributed by atoms with Gasteiger partial charge in [0.2, 0.25) is 0 Å². The molecule has 0 fully saturated rings. The fourth-order valence-electron chi connectivity index (χ4n) is 1.82. The van der Waals surface area contributed by atoms with Crippen molar-refractivity contribution in [3.05, 3.63) is 50.7 Å². The van der Waals surface area contributed by atoms with Crippen molar-refractivity contribution in [1.29, 1.82) is 0 Å². The number of carbonyl (C=O) groups excluding carboxylic acids is 1. The van der Waals surface area contributed by atoms with Gasteiger partial charge in [-0.25, -0.2) is 4.79 Å². The number of esters is 1. The number of halogens is 2. The molecule has 2 aromatic rings. The van der Waals surface area contributed by atoms with Crippen molar-refractivity contribution in [2.75, 3.05) is 7.11 Å². The molecule has 0 aliphatic rings. The minimum absolute atomic E-state index is 0.346. The first kappa shape index (κ1) is 13.4. The molecule has 0 aliphatic carbocycles. The first-order chi connectivity index (χ1) is 8.56. The predicted molar refractivity (Wildman–Crippen MR) is 77.2 cm³/mol. The van der Waals surface area contributed by atoms with Crippen molar-refractivity contribution >= 4 is 37.8 Å². The number of aromatic nitrogens is 1. The van der Waals surface area contributed by atoms with Crippen molar-refractivity contribution in [3.8, 4) is 5.69 Å². The molecule has 0 spiro atoms. The van der Waals surface area contributed by atoms with E-state index in [0.717, 1.165) is 20.5 Å². The van der Waals surface area contributed by atoms with Crippen LogP contribution in [0.1, 0.15) is 16.1 Å². The van der Waals surface area contributed by atoms with Crippen LogP contribution in [0.5, 0.6) is 0 Å². The maximum absolute atomic E-state index is 11.8. The van der Waals surface area contributed by atoms with E-state index in [1.54, 1.807) is 6.07 Å². The lowest BCUT2D eigenvalue weighted by atomic mass is 10.1. The molecule has 3 nitrogen and oxygen atoms in total. The number of rotatable bonds is 2. The van der Waals surface area contributed by atoms with Gasteiger partial charge in [-0.1, -0.05) is 12.1 Å². The summed E-state index contributed by atoms with van der Waals surface area (Å²) < 4.78 is 8.58. The summed E-state index contributed by atoms with van der Waals surface area (Å²) in [7, 11) is 1.38. The van der Waals surface area contributed by atoms with Crippen molar-refractivity contribution in [3.63, 3.8) is 0 Å². The molecular formula is C13H11Br2NO2. The zero-order chi connectivity index (χ0) is 13.3. The second-order valence-electron chi connectivity index (χ2n) is 3.77. The summed E-state index contributed by atoms with van der Waals surface area (Å²) >= 11 is 6.97. The van der Waals surface area contributed by atoms with Crippen LogP contribution in [0.15, 0.2) is 39.4 Å².